The lowest BCUT2D eigenvalue weighted by Crippen LogP contribution is -2.44. The van der Waals surface area contributed by atoms with Crippen LogP contribution in [-0.2, 0) is 35.2 Å². The van der Waals surface area contributed by atoms with Crippen LogP contribution in [0, 0.1) is 5.92 Å². The summed E-state index contributed by atoms with van der Waals surface area (Å²) in [5.41, 5.74) is 0.144. The van der Waals surface area contributed by atoms with E-state index in [-0.39, 0.29) is 44.1 Å². The summed E-state index contributed by atoms with van der Waals surface area (Å²) < 4.78 is 15.2. The highest BCUT2D eigenvalue weighted by Crippen LogP contribution is 2.10. The molecule has 1 rings (SSSR count). The van der Waals surface area contributed by atoms with Gasteiger partial charge in [0.15, 0.2) is 5.78 Å². The van der Waals surface area contributed by atoms with Crippen LogP contribution in [0.1, 0.15) is 72.3 Å². The lowest BCUT2D eigenvalue weighted by atomic mass is 10.0. The average Bonchev–Trinajstić information content (AvgIpc) is 2.86. The highest BCUT2D eigenvalue weighted by atomic mass is 16.6. The van der Waals surface area contributed by atoms with Gasteiger partial charge in [-0.05, 0) is 51.5 Å². The standard InChI is InChI=1S/C28H43N3O8/c1-19(2)17-22(25(34)37-6)30-24(33)15-14-23(32)21(13-10-16-29-26(35)39-28(3,4)5)31-27(36)38-18-20-11-8-7-9-12-20/h7-9,11-12,19,21-22H,10,13-18H2,1-6H3,(H,29,35)(H,30,33)(H,31,36)/t21-,22-/m0/s1. The molecule has 11 heteroatoms. The summed E-state index contributed by atoms with van der Waals surface area (Å²) in [4.78, 5) is 61.7. The van der Waals surface area contributed by atoms with Gasteiger partial charge in [0.1, 0.15) is 18.2 Å². The van der Waals surface area contributed by atoms with Crippen LogP contribution in [-0.4, -0.2) is 61.2 Å². The third-order valence-corrected chi connectivity index (χ3v) is 5.36. The first-order chi connectivity index (χ1) is 18.3. The predicted octanol–water partition coefficient (Wildman–Crippen LogP) is 3.64. The number of hydrogen-bond acceptors (Lipinski definition) is 8. The zero-order valence-corrected chi connectivity index (χ0v) is 23.8. The van der Waals surface area contributed by atoms with E-state index in [1.165, 1.54) is 7.11 Å². The minimum Gasteiger partial charge on any atom is -0.467 e. The van der Waals surface area contributed by atoms with E-state index in [4.69, 9.17) is 14.2 Å². The first-order valence-electron chi connectivity index (χ1n) is 13.1. The second-order valence-electron chi connectivity index (χ2n) is 10.6. The smallest absolute Gasteiger partial charge is 0.408 e. The summed E-state index contributed by atoms with van der Waals surface area (Å²) >= 11 is 0. The molecule has 218 valence electrons. The Morgan fingerprint density at radius 3 is 2.15 bits per heavy atom. The second-order valence-corrected chi connectivity index (χ2v) is 10.6. The topological polar surface area (TPSA) is 149 Å². The van der Waals surface area contributed by atoms with Crippen LogP contribution in [0.25, 0.3) is 0 Å². The van der Waals surface area contributed by atoms with E-state index >= 15 is 0 Å². The van der Waals surface area contributed by atoms with E-state index in [0.29, 0.717) is 12.8 Å². The van der Waals surface area contributed by atoms with Gasteiger partial charge in [-0.1, -0.05) is 44.2 Å². The summed E-state index contributed by atoms with van der Waals surface area (Å²) in [6, 6.07) is 7.34. The van der Waals surface area contributed by atoms with Crippen molar-refractivity contribution in [2.75, 3.05) is 13.7 Å². The van der Waals surface area contributed by atoms with Crippen molar-refractivity contribution in [3.63, 3.8) is 0 Å². The number of benzene rings is 1. The number of nitrogens with one attached hydrogen (secondary N) is 3. The number of carbonyl (C=O) groups excluding carboxylic acids is 5. The summed E-state index contributed by atoms with van der Waals surface area (Å²) in [5.74, 6) is -1.27. The monoisotopic (exact) mass is 549 g/mol. The minimum atomic E-state index is -0.937. The molecule has 0 aliphatic rings. The van der Waals surface area contributed by atoms with Gasteiger partial charge in [-0.15, -0.1) is 0 Å². The van der Waals surface area contributed by atoms with Gasteiger partial charge in [-0.2, -0.15) is 0 Å². The molecule has 2 atom stereocenters. The molecule has 0 aliphatic heterocycles. The second kappa shape index (κ2) is 17.1. The fraction of sp³-hybridized carbons (Fsp3) is 0.607. The number of carbonyl (C=O) groups is 5. The minimum absolute atomic E-state index is 0.0287. The molecule has 0 aromatic heterocycles. The van der Waals surface area contributed by atoms with Crippen LogP contribution in [0.15, 0.2) is 30.3 Å². The largest absolute Gasteiger partial charge is 0.467 e. The van der Waals surface area contributed by atoms with Crippen molar-refractivity contribution in [2.24, 2.45) is 5.92 Å². The summed E-state index contributed by atoms with van der Waals surface area (Å²) in [5, 5.41) is 7.80. The fourth-order valence-electron chi connectivity index (χ4n) is 3.54. The molecular formula is C28H43N3O8. The molecule has 11 nitrogen and oxygen atoms in total. The lowest BCUT2D eigenvalue weighted by Gasteiger charge is -2.21. The summed E-state index contributed by atoms with van der Waals surface area (Å²) in [6.45, 7) is 9.32. The lowest BCUT2D eigenvalue weighted by molar-refractivity contribution is -0.145. The van der Waals surface area contributed by atoms with Crippen LogP contribution >= 0.6 is 0 Å². The normalized spacial score (nSPS) is 12.6. The fourth-order valence-corrected chi connectivity index (χ4v) is 3.54. The Morgan fingerprint density at radius 2 is 1.56 bits per heavy atom. The molecule has 3 amide bonds. The number of methoxy groups -OCH3 is 1. The average molecular weight is 550 g/mol. The molecule has 1 aromatic rings. The Kier molecular flexibility index (Phi) is 14.6. The van der Waals surface area contributed by atoms with Crippen molar-refractivity contribution < 1.29 is 38.2 Å². The molecule has 0 heterocycles. The van der Waals surface area contributed by atoms with Crippen molar-refractivity contribution in [1.29, 1.82) is 0 Å². The van der Waals surface area contributed by atoms with E-state index in [0.717, 1.165) is 5.56 Å². The van der Waals surface area contributed by atoms with Gasteiger partial charge in [-0.3, -0.25) is 9.59 Å². The Balaban J connectivity index is 2.71. The molecule has 0 saturated heterocycles. The van der Waals surface area contributed by atoms with Crippen molar-refractivity contribution in [1.82, 2.24) is 16.0 Å². The Morgan fingerprint density at radius 1 is 0.897 bits per heavy atom. The van der Waals surface area contributed by atoms with E-state index in [1.807, 2.05) is 32.0 Å². The molecule has 0 saturated carbocycles. The zero-order chi connectivity index (χ0) is 29.4. The van der Waals surface area contributed by atoms with Crippen LogP contribution in [0.2, 0.25) is 0 Å². The maximum Gasteiger partial charge on any atom is 0.408 e. The number of amides is 3. The summed E-state index contributed by atoms with van der Waals surface area (Å²) in [6.07, 6.45) is -0.728. The molecule has 0 bridgehead atoms. The number of Topliss-reactive ketones (excluding diaryl/α,β-unsaturated/α-hetero) is 1. The van der Waals surface area contributed by atoms with E-state index < -0.39 is 41.7 Å². The predicted molar refractivity (Wildman–Crippen MR) is 145 cm³/mol. The molecule has 1 aromatic carbocycles. The van der Waals surface area contributed by atoms with Gasteiger partial charge >= 0.3 is 18.2 Å². The molecule has 0 fully saturated rings. The van der Waals surface area contributed by atoms with E-state index in [9.17, 15) is 24.0 Å². The van der Waals surface area contributed by atoms with Crippen molar-refractivity contribution >= 4 is 29.8 Å². The van der Waals surface area contributed by atoms with Gasteiger partial charge in [0.2, 0.25) is 5.91 Å². The number of hydrogen-bond donors (Lipinski definition) is 3. The number of rotatable bonds is 15. The molecule has 3 N–H and O–H groups in total. The Labute approximate surface area is 230 Å². The highest BCUT2D eigenvalue weighted by molar-refractivity contribution is 5.91. The van der Waals surface area contributed by atoms with Crippen LogP contribution in [0.3, 0.4) is 0 Å². The van der Waals surface area contributed by atoms with Gasteiger partial charge in [0.25, 0.3) is 0 Å². The number of alkyl carbamates (subject to hydrolysis) is 2. The van der Waals surface area contributed by atoms with Crippen molar-refractivity contribution in [2.45, 2.75) is 91.0 Å². The highest BCUT2D eigenvalue weighted by Gasteiger charge is 2.25. The Bertz CT molecular complexity index is 944. The van der Waals surface area contributed by atoms with Gasteiger partial charge in [0, 0.05) is 19.4 Å². The quantitative estimate of drug-likeness (QED) is 0.171. The van der Waals surface area contributed by atoms with Crippen LogP contribution < -0.4 is 16.0 Å². The van der Waals surface area contributed by atoms with Crippen molar-refractivity contribution in [3.05, 3.63) is 35.9 Å². The first-order valence-corrected chi connectivity index (χ1v) is 13.1. The van der Waals surface area contributed by atoms with Crippen molar-refractivity contribution in [3.8, 4) is 0 Å². The third kappa shape index (κ3) is 15.4. The number of esters is 1. The molecule has 0 radical (unpaired) electrons. The molecule has 0 aliphatic carbocycles. The third-order valence-electron chi connectivity index (χ3n) is 5.36. The summed E-state index contributed by atoms with van der Waals surface area (Å²) in [7, 11) is 1.25. The van der Waals surface area contributed by atoms with Crippen LogP contribution in [0.5, 0.6) is 0 Å². The zero-order valence-electron chi connectivity index (χ0n) is 23.8. The molecule has 0 unspecified atom stereocenters. The SMILES string of the molecule is COC(=O)[C@H](CC(C)C)NC(=O)CCC(=O)[C@H](CCCNC(=O)OC(C)(C)C)NC(=O)OCc1ccccc1. The van der Waals surface area contributed by atoms with Crippen LogP contribution in [0.4, 0.5) is 9.59 Å². The van der Waals surface area contributed by atoms with Gasteiger partial charge < -0.3 is 30.2 Å². The Hall–Kier alpha value is -3.63. The first kappa shape index (κ1) is 33.4. The van der Waals surface area contributed by atoms with Gasteiger partial charge in [0.05, 0.1) is 13.2 Å². The number of ether oxygens (including phenoxy) is 3. The molecular weight excluding hydrogens is 506 g/mol. The van der Waals surface area contributed by atoms with Gasteiger partial charge in [-0.25, -0.2) is 14.4 Å². The maximum absolute atomic E-state index is 13.0. The molecule has 0 spiro atoms. The number of ketones is 1. The maximum atomic E-state index is 13.0. The van der Waals surface area contributed by atoms with E-state index in [1.54, 1.807) is 32.9 Å². The molecule has 39 heavy (non-hydrogen) atoms. The van der Waals surface area contributed by atoms with E-state index in [2.05, 4.69) is 16.0 Å².